The van der Waals surface area contributed by atoms with Crippen molar-refractivity contribution < 1.29 is 0 Å². The van der Waals surface area contributed by atoms with Crippen molar-refractivity contribution in [1.29, 1.82) is 0 Å². The zero-order chi connectivity index (χ0) is 12.6. The molecular formula is C13H14N2O2. The molecule has 1 aromatic heterocycles. The fourth-order valence-corrected chi connectivity index (χ4v) is 1.74. The molecule has 0 aliphatic rings. The molecule has 88 valence electrons. The highest BCUT2D eigenvalue weighted by Crippen LogP contribution is 2.15. The van der Waals surface area contributed by atoms with Gasteiger partial charge in [0.15, 0.2) is 0 Å². The summed E-state index contributed by atoms with van der Waals surface area (Å²) in [6, 6.07) is 5.69. The van der Waals surface area contributed by atoms with Crippen molar-refractivity contribution in [2.24, 2.45) is 7.05 Å². The Kier molecular flexibility index (Phi) is 2.71. The molecule has 0 saturated carbocycles. The lowest BCUT2D eigenvalue weighted by atomic mass is 10.1. The van der Waals surface area contributed by atoms with E-state index in [0.29, 0.717) is 0 Å². The first-order valence-corrected chi connectivity index (χ1v) is 5.37. The molecule has 2 rings (SSSR count). The highest BCUT2D eigenvalue weighted by molar-refractivity contribution is 5.44. The van der Waals surface area contributed by atoms with Crippen molar-refractivity contribution in [1.82, 2.24) is 9.13 Å². The van der Waals surface area contributed by atoms with Crippen molar-refractivity contribution in [2.45, 2.75) is 13.8 Å². The normalized spacial score (nSPS) is 10.5. The molecule has 1 heterocycles. The van der Waals surface area contributed by atoms with Gasteiger partial charge in [0.05, 0.1) is 5.69 Å². The molecule has 1 aromatic carbocycles. The van der Waals surface area contributed by atoms with Gasteiger partial charge in [0.2, 0.25) is 0 Å². The summed E-state index contributed by atoms with van der Waals surface area (Å²) in [5.41, 5.74) is 1.81. The Morgan fingerprint density at radius 3 is 2.41 bits per heavy atom. The van der Waals surface area contributed by atoms with Crippen LogP contribution in [0.1, 0.15) is 11.1 Å². The van der Waals surface area contributed by atoms with Crippen LogP contribution in [0.5, 0.6) is 0 Å². The van der Waals surface area contributed by atoms with Crippen LogP contribution in [0.4, 0.5) is 0 Å². The summed E-state index contributed by atoms with van der Waals surface area (Å²) < 4.78 is 2.68. The highest BCUT2D eigenvalue weighted by Gasteiger charge is 2.07. The molecule has 0 saturated heterocycles. The zero-order valence-corrected chi connectivity index (χ0v) is 10.1. The monoisotopic (exact) mass is 230 g/mol. The van der Waals surface area contributed by atoms with Crippen LogP contribution in [0.3, 0.4) is 0 Å². The Morgan fingerprint density at radius 1 is 1.00 bits per heavy atom. The standard InChI is InChI=1S/C13H14N2O2/c1-9-5-4-6-11(10(9)2)15-8-7-14(3)12(16)13(15)17/h4-8H,1-3H3. The van der Waals surface area contributed by atoms with Crippen LogP contribution in [0.2, 0.25) is 0 Å². The minimum Gasteiger partial charge on any atom is -0.312 e. The van der Waals surface area contributed by atoms with Gasteiger partial charge in [-0.3, -0.25) is 14.2 Å². The maximum absolute atomic E-state index is 11.9. The van der Waals surface area contributed by atoms with E-state index >= 15 is 0 Å². The Hall–Kier alpha value is -2.10. The molecule has 0 unspecified atom stereocenters. The summed E-state index contributed by atoms with van der Waals surface area (Å²) in [4.78, 5) is 23.5. The molecule has 0 N–H and O–H groups in total. The minimum atomic E-state index is -0.524. The van der Waals surface area contributed by atoms with Gasteiger partial charge in [-0.15, -0.1) is 0 Å². The summed E-state index contributed by atoms with van der Waals surface area (Å²) in [6.07, 6.45) is 3.21. The fourth-order valence-electron chi connectivity index (χ4n) is 1.74. The number of aromatic nitrogens is 2. The number of rotatable bonds is 1. The van der Waals surface area contributed by atoms with Gasteiger partial charge in [-0.1, -0.05) is 12.1 Å². The molecule has 0 aliphatic carbocycles. The summed E-state index contributed by atoms with van der Waals surface area (Å²) in [5, 5.41) is 0. The lowest BCUT2D eigenvalue weighted by molar-refractivity contribution is 0.785. The first kappa shape index (κ1) is 11.4. The summed E-state index contributed by atoms with van der Waals surface area (Å²) >= 11 is 0. The van der Waals surface area contributed by atoms with Gasteiger partial charge in [-0.05, 0) is 31.0 Å². The van der Waals surface area contributed by atoms with Gasteiger partial charge < -0.3 is 4.57 Å². The third kappa shape index (κ3) is 1.82. The quantitative estimate of drug-likeness (QED) is 0.690. The number of nitrogens with zero attached hydrogens (tertiary/aromatic N) is 2. The summed E-state index contributed by atoms with van der Waals surface area (Å²) in [7, 11) is 1.57. The maximum Gasteiger partial charge on any atom is 0.320 e. The number of hydrogen-bond donors (Lipinski definition) is 0. The van der Waals surface area contributed by atoms with Gasteiger partial charge in [0.25, 0.3) is 0 Å². The van der Waals surface area contributed by atoms with Crippen LogP contribution in [0.25, 0.3) is 5.69 Å². The maximum atomic E-state index is 11.9. The van der Waals surface area contributed by atoms with Gasteiger partial charge in [-0.2, -0.15) is 0 Å². The van der Waals surface area contributed by atoms with Crippen LogP contribution in [-0.2, 0) is 7.05 Å². The van der Waals surface area contributed by atoms with Gasteiger partial charge in [0, 0.05) is 19.4 Å². The molecule has 17 heavy (non-hydrogen) atoms. The van der Waals surface area contributed by atoms with Crippen LogP contribution < -0.4 is 11.1 Å². The van der Waals surface area contributed by atoms with E-state index in [0.717, 1.165) is 16.8 Å². The fraction of sp³-hybridized carbons (Fsp3) is 0.231. The summed E-state index contributed by atoms with van der Waals surface area (Å²) in [5.74, 6) is 0. The van der Waals surface area contributed by atoms with Crippen LogP contribution >= 0.6 is 0 Å². The first-order valence-electron chi connectivity index (χ1n) is 5.37. The molecule has 0 bridgehead atoms. The Bertz CT molecular complexity index is 681. The Balaban J connectivity index is 2.79. The van der Waals surface area contributed by atoms with Crippen molar-refractivity contribution in [3.05, 3.63) is 62.4 Å². The van der Waals surface area contributed by atoms with E-state index < -0.39 is 11.1 Å². The van der Waals surface area contributed by atoms with E-state index in [1.807, 2.05) is 32.0 Å². The third-order valence-corrected chi connectivity index (χ3v) is 3.00. The van der Waals surface area contributed by atoms with Crippen LogP contribution in [0, 0.1) is 13.8 Å². The smallest absolute Gasteiger partial charge is 0.312 e. The second-order valence-corrected chi connectivity index (χ2v) is 4.11. The molecule has 0 aliphatic heterocycles. The molecule has 0 amide bonds. The SMILES string of the molecule is Cc1cccc(-n2ccn(C)c(=O)c2=O)c1C. The van der Waals surface area contributed by atoms with Gasteiger partial charge in [0.1, 0.15) is 0 Å². The predicted molar refractivity (Wildman–Crippen MR) is 66.8 cm³/mol. The largest absolute Gasteiger partial charge is 0.320 e. The van der Waals surface area contributed by atoms with E-state index in [9.17, 15) is 9.59 Å². The van der Waals surface area contributed by atoms with Gasteiger partial charge >= 0.3 is 11.1 Å². The zero-order valence-electron chi connectivity index (χ0n) is 10.1. The number of aryl methyl sites for hydroxylation is 2. The van der Waals surface area contributed by atoms with Crippen molar-refractivity contribution >= 4 is 0 Å². The summed E-state index contributed by atoms with van der Waals surface area (Å²) in [6.45, 7) is 3.92. The number of hydrogen-bond acceptors (Lipinski definition) is 2. The highest BCUT2D eigenvalue weighted by atomic mass is 16.2. The van der Waals surface area contributed by atoms with E-state index in [1.165, 1.54) is 9.13 Å². The van der Waals surface area contributed by atoms with E-state index in [2.05, 4.69) is 0 Å². The molecule has 0 atom stereocenters. The van der Waals surface area contributed by atoms with Crippen molar-refractivity contribution in [3.63, 3.8) is 0 Å². The topological polar surface area (TPSA) is 44.0 Å². The van der Waals surface area contributed by atoms with E-state index in [1.54, 1.807) is 19.4 Å². The average molecular weight is 230 g/mol. The van der Waals surface area contributed by atoms with E-state index in [4.69, 9.17) is 0 Å². The molecule has 0 fully saturated rings. The minimum absolute atomic E-state index is 0.520. The predicted octanol–water partition coefficient (Wildman–Crippen LogP) is 1.15. The second-order valence-electron chi connectivity index (χ2n) is 4.11. The second kappa shape index (κ2) is 4.05. The number of benzene rings is 1. The third-order valence-electron chi connectivity index (χ3n) is 3.00. The Labute approximate surface area is 98.8 Å². The molecule has 4 nitrogen and oxygen atoms in total. The molecule has 0 spiro atoms. The lowest BCUT2D eigenvalue weighted by Gasteiger charge is -2.11. The van der Waals surface area contributed by atoms with Gasteiger partial charge in [-0.25, -0.2) is 0 Å². The molecule has 4 heteroatoms. The average Bonchev–Trinajstić information content (AvgIpc) is 2.31. The molecular weight excluding hydrogens is 216 g/mol. The van der Waals surface area contributed by atoms with Crippen molar-refractivity contribution in [2.75, 3.05) is 0 Å². The van der Waals surface area contributed by atoms with E-state index in [-0.39, 0.29) is 0 Å². The molecule has 0 radical (unpaired) electrons. The van der Waals surface area contributed by atoms with Crippen molar-refractivity contribution in [3.8, 4) is 5.69 Å². The lowest BCUT2D eigenvalue weighted by Crippen LogP contribution is -2.39. The first-order chi connectivity index (χ1) is 8.02. The van der Waals surface area contributed by atoms with Crippen LogP contribution in [0.15, 0.2) is 40.2 Å². The Morgan fingerprint density at radius 2 is 1.71 bits per heavy atom. The molecule has 2 aromatic rings. The van der Waals surface area contributed by atoms with Crippen LogP contribution in [-0.4, -0.2) is 9.13 Å².